The molecule has 2 aliphatic heterocycles. The van der Waals surface area contributed by atoms with Crippen molar-refractivity contribution in [3.63, 3.8) is 0 Å². The van der Waals surface area contributed by atoms with Crippen LogP contribution in [0.15, 0.2) is 36.5 Å². The topological polar surface area (TPSA) is 45.7 Å². The second-order valence-corrected chi connectivity index (χ2v) is 6.94. The van der Waals surface area contributed by atoms with E-state index in [-0.39, 0.29) is 11.8 Å². The summed E-state index contributed by atoms with van der Waals surface area (Å²) in [6, 6.07) is 10.1. The average molecular weight is 335 g/mol. The van der Waals surface area contributed by atoms with E-state index >= 15 is 0 Å². The highest BCUT2D eigenvalue weighted by Gasteiger charge is 2.36. The summed E-state index contributed by atoms with van der Waals surface area (Å²) in [5.74, 6) is 0.943. The number of para-hydroxylation sites is 1. The number of nitrogens with zero attached hydrogens (tertiary/aromatic N) is 3. The summed E-state index contributed by atoms with van der Waals surface area (Å²) in [7, 11) is 0. The predicted molar refractivity (Wildman–Crippen MR) is 96.4 cm³/mol. The maximum absolute atomic E-state index is 13.4. The molecule has 2 aromatic rings. The van der Waals surface area contributed by atoms with E-state index in [4.69, 9.17) is 4.74 Å². The van der Waals surface area contributed by atoms with Crippen LogP contribution in [-0.4, -0.2) is 37.1 Å². The van der Waals surface area contributed by atoms with Crippen LogP contribution in [-0.2, 0) is 11.2 Å². The molecule has 3 heterocycles. The van der Waals surface area contributed by atoms with Crippen molar-refractivity contribution in [3.05, 3.63) is 47.8 Å². The van der Waals surface area contributed by atoms with E-state index in [9.17, 15) is 4.79 Å². The van der Waals surface area contributed by atoms with Crippen molar-refractivity contribution in [2.24, 2.45) is 0 Å². The SMILES string of the molecule is O=C(C1CCCc2cccnc21)N1CCN2CCOc3cccc1c32. The summed E-state index contributed by atoms with van der Waals surface area (Å²) in [4.78, 5) is 22.3. The van der Waals surface area contributed by atoms with Crippen LogP contribution in [0.2, 0.25) is 0 Å². The maximum atomic E-state index is 13.4. The van der Waals surface area contributed by atoms with Gasteiger partial charge in [0.1, 0.15) is 18.0 Å². The van der Waals surface area contributed by atoms with E-state index in [1.165, 1.54) is 5.56 Å². The van der Waals surface area contributed by atoms with Crippen molar-refractivity contribution in [1.82, 2.24) is 4.98 Å². The second kappa shape index (κ2) is 5.76. The highest BCUT2D eigenvalue weighted by atomic mass is 16.5. The Balaban J connectivity index is 1.54. The van der Waals surface area contributed by atoms with Gasteiger partial charge < -0.3 is 14.5 Å². The first-order chi connectivity index (χ1) is 12.3. The third-order valence-corrected chi connectivity index (χ3v) is 5.56. The summed E-state index contributed by atoms with van der Waals surface area (Å²) in [6.07, 6.45) is 4.76. The molecule has 0 N–H and O–H groups in total. The fourth-order valence-corrected chi connectivity index (χ4v) is 4.37. The zero-order valence-electron chi connectivity index (χ0n) is 14.1. The molecule has 1 aliphatic carbocycles. The lowest BCUT2D eigenvalue weighted by Crippen LogP contribution is -2.48. The molecule has 0 radical (unpaired) electrons. The number of pyridine rings is 1. The van der Waals surface area contributed by atoms with E-state index in [0.717, 1.165) is 61.7 Å². The molecule has 25 heavy (non-hydrogen) atoms. The van der Waals surface area contributed by atoms with Crippen LogP contribution in [0.1, 0.15) is 30.0 Å². The Kier molecular flexibility index (Phi) is 3.40. The quantitative estimate of drug-likeness (QED) is 0.804. The van der Waals surface area contributed by atoms with Gasteiger partial charge in [0.2, 0.25) is 5.91 Å². The molecule has 5 rings (SSSR count). The zero-order valence-corrected chi connectivity index (χ0v) is 14.1. The number of rotatable bonds is 1. The van der Waals surface area contributed by atoms with Crippen LogP contribution in [0, 0.1) is 0 Å². The summed E-state index contributed by atoms with van der Waals surface area (Å²) < 4.78 is 5.81. The molecule has 1 aromatic heterocycles. The molecule has 5 nitrogen and oxygen atoms in total. The van der Waals surface area contributed by atoms with Crippen molar-refractivity contribution in [3.8, 4) is 5.75 Å². The van der Waals surface area contributed by atoms with Crippen LogP contribution in [0.3, 0.4) is 0 Å². The van der Waals surface area contributed by atoms with E-state index < -0.39 is 0 Å². The molecular weight excluding hydrogens is 314 g/mol. The molecule has 0 fully saturated rings. The van der Waals surface area contributed by atoms with Crippen molar-refractivity contribution in [2.45, 2.75) is 25.2 Å². The number of ether oxygens (including phenoxy) is 1. The minimum Gasteiger partial charge on any atom is -0.489 e. The number of hydrogen-bond donors (Lipinski definition) is 0. The minimum atomic E-state index is -0.128. The van der Waals surface area contributed by atoms with Crippen LogP contribution >= 0.6 is 0 Å². The molecule has 0 saturated heterocycles. The van der Waals surface area contributed by atoms with Gasteiger partial charge in [-0.05, 0) is 43.0 Å². The number of carbonyl (C=O) groups is 1. The largest absolute Gasteiger partial charge is 0.489 e. The molecule has 5 heteroatoms. The molecule has 1 aromatic carbocycles. The van der Waals surface area contributed by atoms with Crippen LogP contribution < -0.4 is 14.5 Å². The van der Waals surface area contributed by atoms with Crippen molar-refractivity contribution < 1.29 is 9.53 Å². The minimum absolute atomic E-state index is 0.128. The zero-order chi connectivity index (χ0) is 16.8. The van der Waals surface area contributed by atoms with Gasteiger partial charge in [0, 0.05) is 19.3 Å². The lowest BCUT2D eigenvalue weighted by molar-refractivity contribution is -0.120. The van der Waals surface area contributed by atoms with E-state index in [0.29, 0.717) is 6.61 Å². The summed E-state index contributed by atoms with van der Waals surface area (Å²) in [5, 5.41) is 0. The molecule has 1 unspecified atom stereocenters. The smallest absolute Gasteiger partial charge is 0.236 e. The molecule has 3 aliphatic rings. The Hall–Kier alpha value is -2.56. The highest BCUT2D eigenvalue weighted by molar-refractivity contribution is 6.02. The third-order valence-electron chi connectivity index (χ3n) is 5.56. The summed E-state index contributed by atoms with van der Waals surface area (Å²) >= 11 is 0. The second-order valence-electron chi connectivity index (χ2n) is 6.94. The Labute approximate surface area is 147 Å². The molecule has 1 atom stereocenters. The van der Waals surface area contributed by atoms with E-state index in [2.05, 4.69) is 16.0 Å². The number of carbonyl (C=O) groups excluding carboxylic acids is 1. The Bertz CT molecular complexity index is 835. The Morgan fingerprint density at radius 3 is 3.08 bits per heavy atom. The number of hydrogen-bond acceptors (Lipinski definition) is 4. The third kappa shape index (κ3) is 2.29. The number of amides is 1. The van der Waals surface area contributed by atoms with Crippen LogP contribution in [0.5, 0.6) is 5.75 Å². The van der Waals surface area contributed by atoms with Gasteiger partial charge in [-0.15, -0.1) is 0 Å². The van der Waals surface area contributed by atoms with Gasteiger partial charge in [0.05, 0.1) is 23.8 Å². The number of aryl methyl sites for hydroxylation is 1. The van der Waals surface area contributed by atoms with Crippen molar-refractivity contribution in [1.29, 1.82) is 0 Å². The van der Waals surface area contributed by atoms with Gasteiger partial charge in [0.15, 0.2) is 0 Å². The van der Waals surface area contributed by atoms with Crippen LogP contribution in [0.4, 0.5) is 11.4 Å². The van der Waals surface area contributed by atoms with Gasteiger partial charge in [-0.2, -0.15) is 0 Å². The first-order valence-electron chi connectivity index (χ1n) is 9.09. The number of aromatic nitrogens is 1. The molecule has 128 valence electrons. The average Bonchev–Trinajstić information content (AvgIpc) is 2.68. The fourth-order valence-electron chi connectivity index (χ4n) is 4.37. The van der Waals surface area contributed by atoms with Gasteiger partial charge >= 0.3 is 0 Å². The number of anilines is 2. The molecular formula is C20H21N3O2. The van der Waals surface area contributed by atoms with Crippen molar-refractivity contribution in [2.75, 3.05) is 36.0 Å². The molecule has 0 saturated carbocycles. The lowest BCUT2D eigenvalue weighted by Gasteiger charge is -2.42. The van der Waals surface area contributed by atoms with Crippen LogP contribution in [0.25, 0.3) is 0 Å². The lowest BCUT2D eigenvalue weighted by atomic mass is 9.85. The summed E-state index contributed by atoms with van der Waals surface area (Å²) in [5.41, 5.74) is 4.26. The highest BCUT2D eigenvalue weighted by Crippen LogP contribution is 2.44. The molecule has 0 spiro atoms. The van der Waals surface area contributed by atoms with E-state index in [1.54, 1.807) is 6.20 Å². The van der Waals surface area contributed by atoms with E-state index in [1.807, 2.05) is 29.2 Å². The monoisotopic (exact) mass is 335 g/mol. The van der Waals surface area contributed by atoms with Gasteiger partial charge in [-0.25, -0.2) is 0 Å². The van der Waals surface area contributed by atoms with Gasteiger partial charge in [-0.1, -0.05) is 12.1 Å². The van der Waals surface area contributed by atoms with Gasteiger partial charge in [0.25, 0.3) is 0 Å². The Morgan fingerprint density at radius 2 is 2.12 bits per heavy atom. The normalized spacial score (nSPS) is 21.2. The van der Waals surface area contributed by atoms with Crippen molar-refractivity contribution >= 4 is 17.3 Å². The molecule has 1 amide bonds. The summed E-state index contributed by atoms with van der Waals surface area (Å²) in [6.45, 7) is 3.19. The predicted octanol–water partition coefficient (Wildman–Crippen LogP) is 2.75. The molecule has 0 bridgehead atoms. The first-order valence-corrected chi connectivity index (χ1v) is 9.09. The number of benzene rings is 1. The first kappa shape index (κ1) is 14.8. The fraction of sp³-hybridized carbons (Fsp3) is 0.400. The Morgan fingerprint density at radius 1 is 1.16 bits per heavy atom. The maximum Gasteiger partial charge on any atom is 0.236 e. The van der Waals surface area contributed by atoms with Gasteiger partial charge in [-0.3, -0.25) is 9.78 Å². The number of fused-ring (bicyclic) bond motifs is 1. The standard InChI is InChI=1S/C20H21N3O2/c24-20(15-6-1-4-14-5-3-9-21-18(14)15)23-11-10-22-12-13-25-17-8-2-7-16(23)19(17)22/h2-3,5,7-9,15H,1,4,6,10-13H2.